The van der Waals surface area contributed by atoms with E-state index < -0.39 is 0 Å². The first-order chi connectivity index (χ1) is 9.51. The van der Waals surface area contributed by atoms with Crippen LogP contribution in [-0.2, 0) is 0 Å². The Morgan fingerprint density at radius 3 is 2.60 bits per heavy atom. The van der Waals surface area contributed by atoms with Crippen LogP contribution in [0.4, 0.5) is 15.8 Å². The SMILES string of the molecule is COc1ccc(C(=O)Nc2ccc(F)cc2C)cc1N. The topological polar surface area (TPSA) is 64.3 Å². The highest BCUT2D eigenvalue weighted by molar-refractivity contribution is 6.05. The van der Waals surface area contributed by atoms with Gasteiger partial charge in [-0.25, -0.2) is 4.39 Å². The maximum atomic E-state index is 13.0. The summed E-state index contributed by atoms with van der Waals surface area (Å²) in [4.78, 5) is 12.1. The Labute approximate surface area is 116 Å². The fraction of sp³-hybridized carbons (Fsp3) is 0.133. The largest absolute Gasteiger partial charge is 0.495 e. The average Bonchev–Trinajstić information content (AvgIpc) is 2.41. The number of anilines is 2. The Bertz CT molecular complexity index is 656. The van der Waals surface area contributed by atoms with Crippen molar-refractivity contribution in [2.75, 3.05) is 18.2 Å². The van der Waals surface area contributed by atoms with Gasteiger partial charge in [-0.2, -0.15) is 0 Å². The molecule has 0 radical (unpaired) electrons. The lowest BCUT2D eigenvalue weighted by molar-refractivity contribution is 0.102. The number of benzene rings is 2. The summed E-state index contributed by atoms with van der Waals surface area (Å²) in [5.74, 6) is -0.136. The molecule has 5 heteroatoms. The lowest BCUT2D eigenvalue weighted by Gasteiger charge is -2.10. The zero-order valence-electron chi connectivity index (χ0n) is 11.2. The van der Waals surface area contributed by atoms with E-state index in [1.807, 2.05) is 0 Å². The second kappa shape index (κ2) is 5.61. The number of carbonyl (C=O) groups excluding carboxylic acids is 1. The average molecular weight is 274 g/mol. The van der Waals surface area contributed by atoms with Gasteiger partial charge in [0.1, 0.15) is 11.6 Å². The minimum absolute atomic E-state index is 0.311. The van der Waals surface area contributed by atoms with E-state index in [0.29, 0.717) is 28.3 Å². The van der Waals surface area contributed by atoms with Crippen molar-refractivity contribution in [1.29, 1.82) is 0 Å². The number of methoxy groups -OCH3 is 1. The van der Waals surface area contributed by atoms with Crippen molar-refractivity contribution in [2.24, 2.45) is 0 Å². The zero-order chi connectivity index (χ0) is 14.7. The number of hydrogen-bond acceptors (Lipinski definition) is 3. The molecule has 0 aliphatic rings. The molecule has 0 saturated heterocycles. The van der Waals surface area contributed by atoms with Crippen LogP contribution in [0.3, 0.4) is 0 Å². The summed E-state index contributed by atoms with van der Waals surface area (Å²) in [6, 6.07) is 8.95. The van der Waals surface area contributed by atoms with E-state index in [1.165, 1.54) is 31.4 Å². The fourth-order valence-electron chi connectivity index (χ4n) is 1.84. The number of carbonyl (C=O) groups is 1. The normalized spacial score (nSPS) is 10.2. The van der Waals surface area contributed by atoms with Crippen molar-refractivity contribution in [1.82, 2.24) is 0 Å². The van der Waals surface area contributed by atoms with Gasteiger partial charge in [-0.05, 0) is 48.9 Å². The third-order valence-corrected chi connectivity index (χ3v) is 2.93. The molecule has 0 spiro atoms. The molecule has 0 saturated carbocycles. The molecule has 4 nitrogen and oxygen atoms in total. The van der Waals surface area contributed by atoms with Crippen LogP contribution >= 0.6 is 0 Å². The molecule has 0 bridgehead atoms. The number of hydrogen-bond donors (Lipinski definition) is 2. The Hall–Kier alpha value is -2.56. The number of nitrogen functional groups attached to an aromatic ring is 1. The van der Waals surface area contributed by atoms with Crippen molar-refractivity contribution in [3.8, 4) is 5.75 Å². The van der Waals surface area contributed by atoms with E-state index in [9.17, 15) is 9.18 Å². The van der Waals surface area contributed by atoms with E-state index in [1.54, 1.807) is 19.1 Å². The Balaban J connectivity index is 2.21. The van der Waals surface area contributed by atoms with Gasteiger partial charge in [-0.3, -0.25) is 4.79 Å². The van der Waals surface area contributed by atoms with E-state index in [2.05, 4.69) is 5.32 Å². The Morgan fingerprint density at radius 1 is 1.25 bits per heavy atom. The summed E-state index contributed by atoms with van der Waals surface area (Å²) < 4.78 is 18.0. The molecular weight excluding hydrogens is 259 g/mol. The van der Waals surface area contributed by atoms with Gasteiger partial charge in [-0.15, -0.1) is 0 Å². The van der Waals surface area contributed by atoms with Crippen molar-refractivity contribution in [3.05, 3.63) is 53.3 Å². The van der Waals surface area contributed by atoms with E-state index >= 15 is 0 Å². The minimum Gasteiger partial charge on any atom is -0.495 e. The summed E-state index contributed by atoms with van der Waals surface area (Å²) in [6.45, 7) is 1.72. The predicted octanol–water partition coefficient (Wildman–Crippen LogP) is 2.98. The van der Waals surface area contributed by atoms with Gasteiger partial charge in [-0.1, -0.05) is 0 Å². The first-order valence-electron chi connectivity index (χ1n) is 6.02. The van der Waals surface area contributed by atoms with Crippen molar-refractivity contribution in [2.45, 2.75) is 6.92 Å². The lowest BCUT2D eigenvalue weighted by Crippen LogP contribution is -2.13. The van der Waals surface area contributed by atoms with Crippen LogP contribution in [0.2, 0.25) is 0 Å². The first kappa shape index (κ1) is 13.9. The van der Waals surface area contributed by atoms with Gasteiger partial charge in [0.15, 0.2) is 0 Å². The Morgan fingerprint density at radius 2 is 2.00 bits per heavy atom. The van der Waals surface area contributed by atoms with E-state index in [0.717, 1.165) is 0 Å². The molecule has 0 fully saturated rings. The van der Waals surface area contributed by atoms with Crippen LogP contribution in [-0.4, -0.2) is 13.0 Å². The van der Waals surface area contributed by atoms with Crippen LogP contribution in [0.25, 0.3) is 0 Å². The molecule has 2 aromatic rings. The predicted molar refractivity (Wildman–Crippen MR) is 76.5 cm³/mol. The summed E-state index contributed by atoms with van der Waals surface area (Å²) in [5.41, 5.74) is 7.77. The van der Waals surface area contributed by atoms with Crippen molar-refractivity contribution < 1.29 is 13.9 Å². The summed E-state index contributed by atoms with van der Waals surface area (Å²) in [7, 11) is 1.51. The maximum Gasteiger partial charge on any atom is 0.255 e. The number of nitrogens with two attached hydrogens (primary N) is 1. The molecule has 1 amide bonds. The number of ether oxygens (including phenoxy) is 1. The highest BCUT2D eigenvalue weighted by Crippen LogP contribution is 2.23. The standard InChI is InChI=1S/C15H15FN2O2/c1-9-7-11(16)4-5-13(9)18-15(19)10-3-6-14(20-2)12(17)8-10/h3-8H,17H2,1-2H3,(H,18,19). The molecule has 2 aromatic carbocycles. The second-order valence-corrected chi connectivity index (χ2v) is 4.37. The summed E-state index contributed by atoms with van der Waals surface area (Å²) in [6.07, 6.45) is 0. The molecule has 0 atom stereocenters. The van der Waals surface area contributed by atoms with Gasteiger partial charge in [0, 0.05) is 11.3 Å². The molecule has 2 rings (SSSR count). The number of amides is 1. The number of nitrogens with one attached hydrogen (secondary N) is 1. The van der Waals surface area contributed by atoms with Gasteiger partial charge in [0.2, 0.25) is 0 Å². The van der Waals surface area contributed by atoms with Crippen LogP contribution in [0.1, 0.15) is 15.9 Å². The van der Waals surface area contributed by atoms with Crippen molar-refractivity contribution >= 4 is 17.3 Å². The molecule has 0 aliphatic heterocycles. The maximum absolute atomic E-state index is 13.0. The first-order valence-corrected chi connectivity index (χ1v) is 6.02. The van der Waals surface area contributed by atoms with Crippen LogP contribution in [0.5, 0.6) is 5.75 Å². The lowest BCUT2D eigenvalue weighted by atomic mass is 10.1. The smallest absolute Gasteiger partial charge is 0.255 e. The molecule has 104 valence electrons. The van der Waals surface area contributed by atoms with Gasteiger partial charge < -0.3 is 15.8 Å². The number of rotatable bonds is 3. The Kier molecular flexibility index (Phi) is 3.89. The number of halogens is 1. The van der Waals surface area contributed by atoms with Crippen molar-refractivity contribution in [3.63, 3.8) is 0 Å². The zero-order valence-corrected chi connectivity index (χ0v) is 11.2. The van der Waals surface area contributed by atoms with Crippen LogP contribution < -0.4 is 15.8 Å². The molecule has 0 unspecified atom stereocenters. The summed E-state index contributed by atoms with van der Waals surface area (Å²) in [5, 5.41) is 2.72. The van der Waals surface area contributed by atoms with Gasteiger partial charge in [0.05, 0.1) is 12.8 Å². The molecule has 3 N–H and O–H groups in total. The minimum atomic E-state index is -0.339. The molecule has 0 aliphatic carbocycles. The highest BCUT2D eigenvalue weighted by Gasteiger charge is 2.10. The molecule has 20 heavy (non-hydrogen) atoms. The molecule has 0 heterocycles. The summed E-state index contributed by atoms with van der Waals surface area (Å²) >= 11 is 0. The van der Waals surface area contributed by atoms with E-state index in [4.69, 9.17) is 10.5 Å². The highest BCUT2D eigenvalue weighted by atomic mass is 19.1. The van der Waals surface area contributed by atoms with Gasteiger partial charge in [0.25, 0.3) is 5.91 Å². The second-order valence-electron chi connectivity index (χ2n) is 4.37. The molecular formula is C15H15FN2O2. The molecule has 0 aromatic heterocycles. The quantitative estimate of drug-likeness (QED) is 0.846. The van der Waals surface area contributed by atoms with Gasteiger partial charge >= 0.3 is 0 Å². The fourth-order valence-corrected chi connectivity index (χ4v) is 1.84. The number of aryl methyl sites for hydroxylation is 1. The van der Waals surface area contributed by atoms with Crippen LogP contribution in [0, 0.1) is 12.7 Å². The third kappa shape index (κ3) is 2.88. The monoisotopic (exact) mass is 274 g/mol. The van der Waals surface area contributed by atoms with E-state index in [-0.39, 0.29) is 11.7 Å². The third-order valence-electron chi connectivity index (χ3n) is 2.93. The van der Waals surface area contributed by atoms with Crippen LogP contribution in [0.15, 0.2) is 36.4 Å².